The van der Waals surface area contributed by atoms with Crippen LogP contribution in [0.25, 0.3) is 12.2 Å². The standard InChI is InChI=1S/C21H23F3O2/c1-2-3-4-5-16-25-19-12-8-17(9-13-19)6-7-18-10-14-20(15-11-18)26-21(22,23)24/h6-15H,2-5,16H2,1H3/b7-6+. The molecule has 2 nitrogen and oxygen atoms in total. The van der Waals surface area contributed by atoms with E-state index < -0.39 is 6.36 Å². The Morgan fingerprint density at radius 1 is 0.769 bits per heavy atom. The molecule has 2 rings (SSSR count). The molecule has 0 spiro atoms. The van der Waals surface area contributed by atoms with Gasteiger partial charge in [0.15, 0.2) is 0 Å². The van der Waals surface area contributed by atoms with Crippen LogP contribution in [0, 0.1) is 0 Å². The fourth-order valence-electron chi connectivity index (χ4n) is 2.37. The number of alkyl halides is 3. The molecule has 0 aliphatic carbocycles. The minimum Gasteiger partial charge on any atom is -0.494 e. The van der Waals surface area contributed by atoms with Crippen LogP contribution in [0.1, 0.15) is 43.7 Å². The van der Waals surface area contributed by atoms with E-state index in [-0.39, 0.29) is 5.75 Å². The van der Waals surface area contributed by atoms with Gasteiger partial charge in [0.05, 0.1) is 6.61 Å². The van der Waals surface area contributed by atoms with Gasteiger partial charge in [-0.15, -0.1) is 13.2 Å². The molecule has 0 unspecified atom stereocenters. The lowest BCUT2D eigenvalue weighted by atomic mass is 10.1. The summed E-state index contributed by atoms with van der Waals surface area (Å²) in [6.45, 7) is 2.90. The van der Waals surface area contributed by atoms with Gasteiger partial charge in [0.1, 0.15) is 11.5 Å². The SMILES string of the molecule is CCCCCCOc1ccc(/C=C/c2ccc(OC(F)(F)F)cc2)cc1. The second kappa shape index (κ2) is 9.90. The molecule has 2 aromatic carbocycles. The first kappa shape index (κ1) is 19.9. The highest BCUT2D eigenvalue weighted by atomic mass is 19.4. The fraction of sp³-hybridized carbons (Fsp3) is 0.333. The van der Waals surface area contributed by atoms with Crippen molar-refractivity contribution in [2.45, 2.75) is 39.0 Å². The maximum absolute atomic E-state index is 12.1. The lowest BCUT2D eigenvalue weighted by Crippen LogP contribution is -2.16. The van der Waals surface area contributed by atoms with Gasteiger partial charge in [0.25, 0.3) is 0 Å². The summed E-state index contributed by atoms with van der Waals surface area (Å²) in [5, 5.41) is 0. The molecule has 0 aliphatic heterocycles. The summed E-state index contributed by atoms with van der Waals surface area (Å²) in [7, 11) is 0. The number of benzene rings is 2. The van der Waals surface area contributed by atoms with Gasteiger partial charge in [-0.1, -0.05) is 62.6 Å². The zero-order valence-electron chi connectivity index (χ0n) is 14.8. The van der Waals surface area contributed by atoms with Crippen molar-refractivity contribution < 1.29 is 22.6 Å². The van der Waals surface area contributed by atoms with Crippen LogP contribution in [0.4, 0.5) is 13.2 Å². The molecule has 26 heavy (non-hydrogen) atoms. The van der Waals surface area contributed by atoms with Gasteiger partial charge < -0.3 is 9.47 Å². The Kier molecular flexibility index (Phi) is 7.57. The molecule has 5 heteroatoms. The van der Waals surface area contributed by atoms with Gasteiger partial charge in [-0.05, 0) is 41.8 Å². The van der Waals surface area contributed by atoms with E-state index in [9.17, 15) is 13.2 Å². The predicted molar refractivity (Wildman–Crippen MR) is 98.1 cm³/mol. The summed E-state index contributed by atoms with van der Waals surface area (Å²) in [6.07, 6.45) is 3.74. The molecular weight excluding hydrogens is 341 g/mol. The Morgan fingerprint density at radius 2 is 1.31 bits per heavy atom. The van der Waals surface area contributed by atoms with Crippen LogP contribution in [-0.4, -0.2) is 13.0 Å². The molecule has 0 saturated heterocycles. The fourth-order valence-corrected chi connectivity index (χ4v) is 2.37. The number of hydrogen-bond donors (Lipinski definition) is 0. The second-order valence-electron chi connectivity index (χ2n) is 5.93. The smallest absolute Gasteiger partial charge is 0.494 e. The highest BCUT2D eigenvalue weighted by Crippen LogP contribution is 2.23. The van der Waals surface area contributed by atoms with Crippen LogP contribution in [-0.2, 0) is 0 Å². The van der Waals surface area contributed by atoms with Gasteiger partial charge in [0.2, 0.25) is 0 Å². The van der Waals surface area contributed by atoms with Crippen LogP contribution in [0.3, 0.4) is 0 Å². The van der Waals surface area contributed by atoms with E-state index in [2.05, 4.69) is 11.7 Å². The molecule has 0 radical (unpaired) electrons. The van der Waals surface area contributed by atoms with Crippen molar-refractivity contribution in [3.8, 4) is 11.5 Å². The minimum atomic E-state index is -4.67. The highest BCUT2D eigenvalue weighted by Gasteiger charge is 2.30. The lowest BCUT2D eigenvalue weighted by molar-refractivity contribution is -0.274. The third kappa shape index (κ3) is 7.64. The second-order valence-corrected chi connectivity index (χ2v) is 5.93. The molecular formula is C21H23F3O2. The molecule has 0 aromatic heterocycles. The van der Waals surface area contributed by atoms with Crippen LogP contribution >= 0.6 is 0 Å². The summed E-state index contributed by atoms with van der Waals surface area (Å²) >= 11 is 0. The van der Waals surface area contributed by atoms with Crippen LogP contribution in [0.2, 0.25) is 0 Å². The van der Waals surface area contributed by atoms with Crippen molar-refractivity contribution in [1.82, 2.24) is 0 Å². The molecule has 0 fully saturated rings. The number of halogens is 3. The van der Waals surface area contributed by atoms with Crippen molar-refractivity contribution in [2.75, 3.05) is 6.61 Å². The monoisotopic (exact) mass is 364 g/mol. The average molecular weight is 364 g/mol. The maximum atomic E-state index is 12.1. The Bertz CT molecular complexity index is 674. The molecule has 140 valence electrons. The molecule has 0 N–H and O–H groups in total. The van der Waals surface area contributed by atoms with E-state index >= 15 is 0 Å². The highest BCUT2D eigenvalue weighted by molar-refractivity contribution is 5.70. The Hall–Kier alpha value is -2.43. The van der Waals surface area contributed by atoms with E-state index in [0.29, 0.717) is 0 Å². The molecule has 0 heterocycles. The van der Waals surface area contributed by atoms with E-state index in [1.165, 1.54) is 31.4 Å². The van der Waals surface area contributed by atoms with Gasteiger partial charge in [-0.25, -0.2) is 0 Å². The van der Waals surface area contributed by atoms with Crippen molar-refractivity contribution in [2.24, 2.45) is 0 Å². The molecule has 0 bridgehead atoms. The summed E-state index contributed by atoms with van der Waals surface area (Å²) in [4.78, 5) is 0. The minimum absolute atomic E-state index is 0.227. The van der Waals surface area contributed by atoms with Crippen molar-refractivity contribution in [3.05, 3.63) is 59.7 Å². The number of rotatable bonds is 9. The zero-order chi connectivity index (χ0) is 18.8. The van der Waals surface area contributed by atoms with Gasteiger partial charge in [-0.2, -0.15) is 0 Å². The lowest BCUT2D eigenvalue weighted by Gasteiger charge is -2.08. The quantitative estimate of drug-likeness (QED) is 0.363. The number of hydrogen-bond acceptors (Lipinski definition) is 2. The van der Waals surface area contributed by atoms with Crippen LogP contribution in [0.5, 0.6) is 11.5 Å². The van der Waals surface area contributed by atoms with Crippen molar-refractivity contribution in [3.63, 3.8) is 0 Å². The first-order valence-corrected chi connectivity index (χ1v) is 8.73. The third-order valence-electron chi connectivity index (χ3n) is 3.73. The summed E-state index contributed by atoms with van der Waals surface area (Å²) in [6, 6.07) is 13.5. The van der Waals surface area contributed by atoms with Crippen LogP contribution < -0.4 is 9.47 Å². The first-order chi connectivity index (χ1) is 12.5. The van der Waals surface area contributed by atoms with Gasteiger partial charge in [-0.3, -0.25) is 0 Å². The average Bonchev–Trinajstić information content (AvgIpc) is 2.61. The van der Waals surface area contributed by atoms with Crippen molar-refractivity contribution in [1.29, 1.82) is 0 Å². The summed E-state index contributed by atoms with van der Waals surface area (Å²) < 4.78 is 45.9. The van der Waals surface area contributed by atoms with Crippen molar-refractivity contribution >= 4 is 12.2 Å². The zero-order valence-corrected chi connectivity index (χ0v) is 14.8. The summed E-state index contributed by atoms with van der Waals surface area (Å²) in [5.41, 5.74) is 1.77. The van der Waals surface area contributed by atoms with E-state index in [1.54, 1.807) is 12.1 Å². The Morgan fingerprint density at radius 3 is 1.81 bits per heavy atom. The van der Waals surface area contributed by atoms with Crippen LogP contribution in [0.15, 0.2) is 48.5 Å². The topological polar surface area (TPSA) is 18.5 Å². The molecule has 0 aliphatic rings. The molecule has 2 aromatic rings. The van der Waals surface area contributed by atoms with E-state index in [0.717, 1.165) is 29.9 Å². The van der Waals surface area contributed by atoms with Gasteiger partial charge in [0, 0.05) is 0 Å². The molecule has 0 amide bonds. The Labute approximate surface area is 152 Å². The maximum Gasteiger partial charge on any atom is 0.573 e. The largest absolute Gasteiger partial charge is 0.573 e. The molecule has 0 atom stereocenters. The number of ether oxygens (including phenoxy) is 2. The van der Waals surface area contributed by atoms with Gasteiger partial charge >= 0.3 is 6.36 Å². The van der Waals surface area contributed by atoms with E-state index in [4.69, 9.17) is 4.74 Å². The normalized spacial score (nSPS) is 11.7. The first-order valence-electron chi connectivity index (χ1n) is 8.73. The summed E-state index contributed by atoms with van der Waals surface area (Å²) in [5.74, 6) is 0.613. The molecule has 0 saturated carbocycles. The van der Waals surface area contributed by atoms with E-state index in [1.807, 2.05) is 36.4 Å². The number of unbranched alkanes of at least 4 members (excludes halogenated alkanes) is 3. The Balaban J connectivity index is 1.84. The predicted octanol–water partition coefficient (Wildman–Crippen LogP) is 6.71. The third-order valence-corrected chi connectivity index (χ3v) is 3.73.